The van der Waals surface area contributed by atoms with Gasteiger partial charge in [-0.05, 0) is 52.6 Å². The predicted octanol–water partition coefficient (Wildman–Crippen LogP) is 4.79. The monoisotopic (exact) mass is 344 g/mol. The van der Waals surface area contributed by atoms with Gasteiger partial charge in [-0.1, -0.05) is 12.5 Å². The van der Waals surface area contributed by atoms with Crippen LogP contribution in [0.5, 0.6) is 11.5 Å². The van der Waals surface area contributed by atoms with Crippen LogP contribution >= 0.6 is 27.5 Å². The van der Waals surface area contributed by atoms with Gasteiger partial charge in [-0.3, -0.25) is 0 Å². The van der Waals surface area contributed by atoms with Crippen molar-refractivity contribution in [3.05, 3.63) is 22.2 Å². The molecule has 3 atom stereocenters. The Balaban J connectivity index is 1.90. The van der Waals surface area contributed by atoms with Crippen molar-refractivity contribution in [1.82, 2.24) is 0 Å². The molecule has 0 saturated heterocycles. The third-order valence-electron chi connectivity index (χ3n) is 4.62. The van der Waals surface area contributed by atoms with Gasteiger partial charge in [-0.25, -0.2) is 0 Å². The van der Waals surface area contributed by atoms with Crippen LogP contribution in [0.4, 0.5) is 0 Å². The largest absolute Gasteiger partial charge is 0.495 e. The maximum absolute atomic E-state index is 6.72. The van der Waals surface area contributed by atoms with Gasteiger partial charge in [0.25, 0.3) is 0 Å². The molecule has 1 aromatic carbocycles. The topological polar surface area (TPSA) is 18.5 Å². The third-order valence-corrected chi connectivity index (χ3v) is 5.90. The van der Waals surface area contributed by atoms with E-state index in [-0.39, 0.29) is 5.38 Å². The summed E-state index contributed by atoms with van der Waals surface area (Å²) in [5.74, 6) is 3.90. The van der Waals surface area contributed by atoms with E-state index in [1.807, 2.05) is 12.1 Å². The second-order valence-electron chi connectivity index (χ2n) is 5.44. The molecule has 3 unspecified atom stereocenters. The Hall–Kier alpha value is -0.410. The van der Waals surface area contributed by atoms with E-state index in [1.165, 1.54) is 19.3 Å². The first-order chi connectivity index (χ1) is 9.19. The van der Waals surface area contributed by atoms with Crippen molar-refractivity contribution in [3.63, 3.8) is 0 Å². The lowest BCUT2D eigenvalue weighted by Gasteiger charge is -2.18. The summed E-state index contributed by atoms with van der Waals surface area (Å²) in [5, 5.41) is 0.0486. The lowest BCUT2D eigenvalue weighted by Crippen LogP contribution is -2.03. The van der Waals surface area contributed by atoms with Crippen LogP contribution in [0.25, 0.3) is 0 Å². The van der Waals surface area contributed by atoms with Crippen LogP contribution in [0.1, 0.15) is 30.2 Å². The zero-order valence-corrected chi connectivity index (χ0v) is 13.5. The molecule has 3 rings (SSSR count). The highest BCUT2D eigenvalue weighted by Gasteiger charge is 2.56. The van der Waals surface area contributed by atoms with Gasteiger partial charge in [0, 0.05) is 5.56 Å². The maximum atomic E-state index is 6.72. The summed E-state index contributed by atoms with van der Waals surface area (Å²) in [6, 6.07) is 3.99. The standard InChI is InChI=1S/C15H18BrClO2/c1-18-11-7-6-10(15(19-2)13(11)16)14(17)12-8-4-3-5-9(8)12/h6-9,12,14H,3-5H2,1-2H3. The number of ether oxygens (including phenoxy) is 2. The Kier molecular flexibility index (Phi) is 3.69. The molecule has 2 saturated carbocycles. The number of hydrogen-bond acceptors (Lipinski definition) is 2. The Morgan fingerprint density at radius 1 is 1.21 bits per heavy atom. The Bertz CT molecular complexity index is 481. The molecule has 0 aromatic heterocycles. The van der Waals surface area contributed by atoms with Gasteiger partial charge in [0.1, 0.15) is 16.0 Å². The molecule has 0 bridgehead atoms. The van der Waals surface area contributed by atoms with Gasteiger partial charge >= 0.3 is 0 Å². The summed E-state index contributed by atoms with van der Waals surface area (Å²) in [7, 11) is 3.34. The lowest BCUT2D eigenvalue weighted by molar-refractivity contribution is 0.384. The molecule has 4 heteroatoms. The third kappa shape index (κ3) is 2.15. The zero-order valence-electron chi connectivity index (χ0n) is 11.2. The van der Waals surface area contributed by atoms with Gasteiger partial charge in [-0.15, -0.1) is 11.6 Å². The van der Waals surface area contributed by atoms with Crippen LogP contribution in [-0.2, 0) is 0 Å². The van der Waals surface area contributed by atoms with E-state index < -0.39 is 0 Å². The summed E-state index contributed by atoms with van der Waals surface area (Å²) >= 11 is 10.3. The summed E-state index contributed by atoms with van der Waals surface area (Å²) in [4.78, 5) is 0. The van der Waals surface area contributed by atoms with Crippen LogP contribution in [0.2, 0.25) is 0 Å². The Labute approximate surface area is 127 Å². The minimum absolute atomic E-state index is 0.0486. The van der Waals surface area contributed by atoms with Crippen molar-refractivity contribution in [1.29, 1.82) is 0 Å². The predicted molar refractivity (Wildman–Crippen MR) is 80.2 cm³/mol. The van der Waals surface area contributed by atoms with Gasteiger partial charge in [0.15, 0.2) is 0 Å². The summed E-state index contributed by atoms with van der Waals surface area (Å²) in [5.41, 5.74) is 1.08. The Morgan fingerprint density at radius 3 is 2.47 bits per heavy atom. The minimum Gasteiger partial charge on any atom is -0.495 e. The van der Waals surface area contributed by atoms with E-state index in [0.717, 1.165) is 33.4 Å². The molecule has 2 aliphatic rings. The van der Waals surface area contributed by atoms with Crippen molar-refractivity contribution in [3.8, 4) is 11.5 Å². The van der Waals surface area contributed by atoms with Gasteiger partial charge < -0.3 is 9.47 Å². The number of rotatable bonds is 4. The second-order valence-corrected chi connectivity index (χ2v) is 6.71. The first kappa shape index (κ1) is 13.6. The summed E-state index contributed by atoms with van der Waals surface area (Å²) in [6.07, 6.45) is 4.06. The molecule has 2 fully saturated rings. The molecule has 19 heavy (non-hydrogen) atoms. The first-order valence-corrected chi connectivity index (χ1v) is 7.96. The highest BCUT2D eigenvalue weighted by atomic mass is 79.9. The smallest absolute Gasteiger partial charge is 0.141 e. The van der Waals surface area contributed by atoms with Gasteiger partial charge in [0.2, 0.25) is 0 Å². The maximum Gasteiger partial charge on any atom is 0.141 e. The van der Waals surface area contributed by atoms with Crippen LogP contribution in [0.3, 0.4) is 0 Å². The molecule has 0 amide bonds. The zero-order chi connectivity index (χ0) is 13.6. The number of hydrogen-bond donors (Lipinski definition) is 0. The molecule has 104 valence electrons. The van der Waals surface area contributed by atoms with E-state index in [9.17, 15) is 0 Å². The average Bonchev–Trinajstić information content (AvgIpc) is 2.90. The highest BCUT2D eigenvalue weighted by Crippen LogP contribution is 2.64. The van der Waals surface area contributed by atoms with Crippen LogP contribution < -0.4 is 9.47 Å². The SMILES string of the molecule is COc1ccc(C(Cl)C2C3CCCC32)c(OC)c1Br. The molecule has 2 nitrogen and oxygen atoms in total. The van der Waals surface area contributed by atoms with E-state index in [0.29, 0.717) is 5.92 Å². The number of benzene rings is 1. The molecule has 0 heterocycles. The number of alkyl halides is 1. The van der Waals surface area contributed by atoms with E-state index >= 15 is 0 Å². The number of halogens is 2. The first-order valence-electron chi connectivity index (χ1n) is 6.73. The number of methoxy groups -OCH3 is 2. The Morgan fingerprint density at radius 2 is 1.89 bits per heavy atom. The van der Waals surface area contributed by atoms with E-state index in [1.54, 1.807) is 14.2 Å². The van der Waals surface area contributed by atoms with Crippen LogP contribution in [-0.4, -0.2) is 14.2 Å². The van der Waals surface area contributed by atoms with Crippen molar-refractivity contribution in [2.75, 3.05) is 14.2 Å². The summed E-state index contributed by atoms with van der Waals surface area (Å²) < 4.78 is 11.7. The fraction of sp³-hybridized carbons (Fsp3) is 0.600. The highest BCUT2D eigenvalue weighted by molar-refractivity contribution is 9.10. The van der Waals surface area contributed by atoms with Crippen LogP contribution in [0.15, 0.2) is 16.6 Å². The van der Waals surface area contributed by atoms with Crippen LogP contribution in [0, 0.1) is 17.8 Å². The fourth-order valence-electron chi connectivity index (χ4n) is 3.65. The minimum atomic E-state index is 0.0486. The molecular weight excluding hydrogens is 328 g/mol. The van der Waals surface area contributed by atoms with Crippen molar-refractivity contribution in [2.24, 2.45) is 17.8 Å². The second kappa shape index (κ2) is 5.17. The molecule has 2 aliphatic carbocycles. The fourth-order valence-corrected chi connectivity index (χ4v) is 4.88. The lowest BCUT2D eigenvalue weighted by atomic mass is 10.0. The molecule has 0 radical (unpaired) electrons. The number of fused-ring (bicyclic) bond motifs is 1. The normalized spacial score (nSPS) is 29.8. The summed E-state index contributed by atoms with van der Waals surface area (Å²) in [6.45, 7) is 0. The molecule has 1 aromatic rings. The molecule has 0 N–H and O–H groups in total. The molecule has 0 spiro atoms. The van der Waals surface area contributed by atoms with Crippen molar-refractivity contribution in [2.45, 2.75) is 24.6 Å². The van der Waals surface area contributed by atoms with Gasteiger partial charge in [0.05, 0.1) is 19.6 Å². The average molecular weight is 346 g/mol. The van der Waals surface area contributed by atoms with E-state index in [4.69, 9.17) is 21.1 Å². The van der Waals surface area contributed by atoms with Crippen molar-refractivity contribution < 1.29 is 9.47 Å². The van der Waals surface area contributed by atoms with E-state index in [2.05, 4.69) is 15.9 Å². The molecule has 0 aliphatic heterocycles. The molecular formula is C15H18BrClO2. The quantitative estimate of drug-likeness (QED) is 0.730. The van der Waals surface area contributed by atoms with Crippen molar-refractivity contribution >= 4 is 27.5 Å². The van der Waals surface area contributed by atoms with Gasteiger partial charge in [-0.2, -0.15) is 0 Å².